The summed E-state index contributed by atoms with van der Waals surface area (Å²) in [5, 5.41) is 15.5. The van der Waals surface area contributed by atoms with E-state index >= 15 is 0 Å². The van der Waals surface area contributed by atoms with Gasteiger partial charge < -0.3 is 0 Å². The molecule has 3 heterocycles. The van der Waals surface area contributed by atoms with Crippen LogP contribution in [0.3, 0.4) is 0 Å². The van der Waals surface area contributed by atoms with Crippen LogP contribution in [-0.4, -0.2) is 34.9 Å². The third-order valence-electron chi connectivity index (χ3n) is 18.7. The predicted octanol–water partition coefficient (Wildman–Crippen LogP) is 21.4. The molecule has 0 unspecified atom stereocenters. The lowest BCUT2D eigenvalue weighted by Crippen LogP contribution is -2.15. The smallest absolute Gasteiger partial charge is 0.164 e. The number of nitriles is 1. The maximum Gasteiger partial charge on any atom is 0.164 e. The first-order valence-electron chi connectivity index (χ1n) is 31.9. The predicted molar refractivity (Wildman–Crippen MR) is 386 cm³/mol. The van der Waals surface area contributed by atoms with Crippen molar-refractivity contribution in [1.29, 1.82) is 5.26 Å². The van der Waals surface area contributed by atoms with Gasteiger partial charge in [0.2, 0.25) is 0 Å². The van der Waals surface area contributed by atoms with E-state index < -0.39 is 0 Å². The second-order valence-corrected chi connectivity index (χ2v) is 24.7. The van der Waals surface area contributed by atoms with Gasteiger partial charge in [-0.25, -0.2) is 29.9 Å². The Kier molecular flexibility index (Phi) is 13.8. The first-order chi connectivity index (χ1) is 46.8. The van der Waals surface area contributed by atoms with Crippen molar-refractivity contribution >= 4 is 32.4 Å². The van der Waals surface area contributed by atoms with Crippen LogP contribution in [-0.2, 0) is 5.41 Å². The van der Waals surface area contributed by atoms with E-state index in [2.05, 4.69) is 214 Å². The normalized spacial score (nSPS) is 12.2. The molecule has 13 aromatic carbocycles. The largest absolute Gasteiger partial charge is 0.256 e. The fraction of sp³-hybridized carbons (Fsp3) is 0.0345. The van der Waals surface area contributed by atoms with Crippen molar-refractivity contribution in [3.8, 4) is 141 Å². The average molecular weight is 1210 g/mol. The van der Waals surface area contributed by atoms with E-state index in [1.807, 2.05) is 109 Å². The number of aromatic nitrogens is 7. The molecule has 0 saturated heterocycles. The van der Waals surface area contributed by atoms with Gasteiger partial charge in [-0.2, -0.15) is 5.26 Å². The summed E-state index contributed by atoms with van der Waals surface area (Å²) >= 11 is 0. The molecule has 8 heteroatoms. The van der Waals surface area contributed by atoms with Gasteiger partial charge in [0, 0.05) is 50.4 Å². The minimum absolute atomic E-state index is 0.283. The third-order valence-corrected chi connectivity index (χ3v) is 18.7. The Morgan fingerprint density at radius 3 is 1.20 bits per heavy atom. The Labute approximate surface area is 550 Å². The van der Waals surface area contributed by atoms with E-state index in [4.69, 9.17) is 34.9 Å². The molecular formula is C87H56N8. The van der Waals surface area contributed by atoms with Crippen LogP contribution in [0.2, 0.25) is 0 Å². The third kappa shape index (κ3) is 10.2. The number of benzene rings is 13. The number of para-hydroxylation sites is 1. The molecule has 3 aromatic heterocycles. The minimum atomic E-state index is -0.283. The number of nitrogens with zero attached hydrogens (tertiary/aromatic N) is 8. The van der Waals surface area contributed by atoms with Gasteiger partial charge in [0.25, 0.3) is 0 Å². The van der Waals surface area contributed by atoms with Crippen molar-refractivity contribution in [3.63, 3.8) is 0 Å². The molecular weight excluding hydrogens is 1160 g/mol. The fourth-order valence-corrected chi connectivity index (χ4v) is 13.8. The van der Waals surface area contributed by atoms with Crippen LogP contribution in [0.25, 0.3) is 168 Å². The van der Waals surface area contributed by atoms with Gasteiger partial charge in [0.1, 0.15) is 0 Å². The maximum atomic E-state index is 9.83. The molecule has 16 aromatic rings. The zero-order chi connectivity index (χ0) is 63.6. The molecule has 0 fully saturated rings. The summed E-state index contributed by atoms with van der Waals surface area (Å²) < 4.78 is 0. The van der Waals surface area contributed by atoms with Gasteiger partial charge in [-0.15, -0.1) is 0 Å². The monoisotopic (exact) mass is 1210 g/mol. The summed E-state index contributed by atoms with van der Waals surface area (Å²) in [5.74, 6) is 3.60. The van der Waals surface area contributed by atoms with Crippen LogP contribution in [0.4, 0.5) is 0 Å². The quantitative estimate of drug-likeness (QED) is 0.126. The lowest BCUT2D eigenvalue weighted by molar-refractivity contribution is 0.660. The molecule has 0 aliphatic heterocycles. The summed E-state index contributed by atoms with van der Waals surface area (Å²) in [6.45, 7) is 4.53. The number of hydrogen-bond acceptors (Lipinski definition) is 8. The summed E-state index contributed by atoms with van der Waals surface area (Å²) in [6, 6.07) is 106. The summed E-state index contributed by atoms with van der Waals surface area (Å²) in [5.41, 5.74) is 22.6. The highest BCUT2D eigenvalue weighted by Crippen LogP contribution is 2.51. The van der Waals surface area contributed by atoms with Crippen LogP contribution < -0.4 is 0 Å². The van der Waals surface area contributed by atoms with Gasteiger partial charge >= 0.3 is 0 Å². The van der Waals surface area contributed by atoms with Crippen molar-refractivity contribution in [2.75, 3.05) is 0 Å². The van der Waals surface area contributed by atoms with Crippen LogP contribution in [0.1, 0.15) is 30.5 Å². The van der Waals surface area contributed by atoms with Crippen LogP contribution in [0.15, 0.2) is 303 Å². The Hall–Kier alpha value is -12.7. The van der Waals surface area contributed by atoms with Crippen molar-refractivity contribution in [3.05, 3.63) is 320 Å². The van der Waals surface area contributed by atoms with Gasteiger partial charge in [-0.05, 0) is 136 Å². The number of pyridine rings is 1. The number of rotatable bonds is 11. The van der Waals surface area contributed by atoms with Crippen LogP contribution >= 0.6 is 0 Å². The molecule has 1 aliphatic rings. The van der Waals surface area contributed by atoms with E-state index in [-0.39, 0.29) is 5.41 Å². The van der Waals surface area contributed by atoms with Crippen molar-refractivity contribution in [2.45, 2.75) is 19.3 Å². The highest BCUT2D eigenvalue weighted by molar-refractivity contribution is 6.11. The zero-order valence-corrected chi connectivity index (χ0v) is 51.9. The first-order valence-corrected chi connectivity index (χ1v) is 31.9. The van der Waals surface area contributed by atoms with Gasteiger partial charge in [-0.1, -0.05) is 275 Å². The Balaban J connectivity index is 0.722. The highest BCUT2D eigenvalue weighted by Gasteiger charge is 2.36. The SMILES string of the molecule is CC1(C)c2cc(C#N)ccc2-c2ccc(-c3c(-c4ccc(-c5nc(-c6ccccc6)nc(-c6ccc(-c7ccc8ccc(-c9ccc(-c%10nc(-c%11ccccc%11)nc(-c%11ccccc%11)n%10)cc9)c(-c9ccnc%10ccccc9%10)c8c7)cc6)n5)cc4)ccc4ccccc34)cc21. The molecule has 1 aliphatic carbocycles. The second kappa shape index (κ2) is 23.2. The number of hydrogen-bond donors (Lipinski definition) is 0. The average Bonchev–Trinajstić information content (AvgIpc) is 1.68. The molecule has 17 rings (SSSR count). The summed E-state index contributed by atoms with van der Waals surface area (Å²) in [4.78, 5) is 35.4. The molecule has 0 bridgehead atoms. The van der Waals surface area contributed by atoms with Crippen LogP contribution in [0.5, 0.6) is 0 Å². The zero-order valence-electron chi connectivity index (χ0n) is 51.9. The molecule has 95 heavy (non-hydrogen) atoms. The Morgan fingerprint density at radius 2 is 0.663 bits per heavy atom. The lowest BCUT2D eigenvalue weighted by Gasteiger charge is -2.23. The molecule has 8 nitrogen and oxygen atoms in total. The standard InChI is InChI=1S/C87H56N8/c1-87(2)76-50-54(53-88)26-44-71(76)72-47-43-67(52-77(72)87)79-68-23-13-12-16-56(68)41-45-69(79)57-29-36-64(37-30-57)86-94-83(62-21-10-5-11-22-62)93-84(95-86)63-34-27-55(28-35-63)66-40-33-59-42-46-70(80(75(59)51-66)74-48-49-89-78-25-15-14-24-73(74)78)58-31-38-65(39-32-58)85-91-81(60-17-6-3-7-18-60)90-82(92-85)61-19-8-4-9-20-61/h3-52H,1-2H3. The van der Waals surface area contributed by atoms with Gasteiger partial charge in [0.05, 0.1) is 17.1 Å². The highest BCUT2D eigenvalue weighted by atomic mass is 15.0. The summed E-state index contributed by atoms with van der Waals surface area (Å²) in [7, 11) is 0. The van der Waals surface area contributed by atoms with E-state index in [0.717, 1.165) is 105 Å². The minimum Gasteiger partial charge on any atom is -0.256 e. The van der Waals surface area contributed by atoms with Gasteiger partial charge in [0.15, 0.2) is 34.9 Å². The fourth-order valence-electron chi connectivity index (χ4n) is 13.8. The van der Waals surface area contributed by atoms with Crippen molar-refractivity contribution in [2.24, 2.45) is 0 Å². The van der Waals surface area contributed by atoms with E-state index in [0.29, 0.717) is 40.5 Å². The maximum absolute atomic E-state index is 9.83. The van der Waals surface area contributed by atoms with Crippen molar-refractivity contribution in [1.82, 2.24) is 34.9 Å². The number of fused-ring (bicyclic) bond motifs is 6. The van der Waals surface area contributed by atoms with E-state index in [1.54, 1.807) is 0 Å². The molecule has 0 N–H and O–H groups in total. The molecule has 0 atom stereocenters. The van der Waals surface area contributed by atoms with Crippen LogP contribution in [0, 0.1) is 11.3 Å². The van der Waals surface area contributed by atoms with E-state index in [9.17, 15) is 5.26 Å². The first kappa shape index (κ1) is 56.3. The molecule has 0 spiro atoms. The molecule has 0 radical (unpaired) electrons. The Bertz CT molecular complexity index is 5660. The Morgan fingerprint density at radius 1 is 0.274 bits per heavy atom. The molecule has 0 amide bonds. The topological polar surface area (TPSA) is 114 Å². The second-order valence-electron chi connectivity index (χ2n) is 24.7. The summed E-state index contributed by atoms with van der Waals surface area (Å²) in [6.07, 6.45) is 1.92. The van der Waals surface area contributed by atoms with E-state index in [1.165, 1.54) is 38.6 Å². The van der Waals surface area contributed by atoms with Gasteiger partial charge in [-0.3, -0.25) is 4.98 Å². The van der Waals surface area contributed by atoms with Crippen molar-refractivity contribution < 1.29 is 0 Å². The molecule has 0 saturated carbocycles. The lowest BCUT2D eigenvalue weighted by atomic mass is 9.80. The molecule has 444 valence electrons.